The molecule has 2 unspecified atom stereocenters. The highest BCUT2D eigenvalue weighted by molar-refractivity contribution is 5.87. The van der Waals surface area contributed by atoms with Gasteiger partial charge in [0.05, 0.1) is 28.4 Å². The van der Waals surface area contributed by atoms with Crippen molar-refractivity contribution >= 4 is 29.9 Å². The van der Waals surface area contributed by atoms with Crippen LogP contribution in [-0.4, -0.2) is 70.4 Å². The fourth-order valence-corrected chi connectivity index (χ4v) is 1.87. The van der Waals surface area contributed by atoms with Gasteiger partial charge in [0, 0.05) is 12.8 Å². The summed E-state index contributed by atoms with van der Waals surface area (Å²) >= 11 is 0. The molecule has 0 fully saturated rings. The van der Waals surface area contributed by atoms with E-state index in [0.717, 1.165) is 14.2 Å². The van der Waals surface area contributed by atoms with E-state index in [1.807, 2.05) is 0 Å². The Hall–Kier alpha value is -2.85. The first kappa shape index (κ1) is 23.1. The SMILES string of the molecule is COC(=O)CCC(NC(=O)NC(CCC(=O)OC)C(=O)OC)C(=O)OC. The van der Waals surface area contributed by atoms with Gasteiger partial charge >= 0.3 is 29.9 Å². The summed E-state index contributed by atoms with van der Waals surface area (Å²) in [6.45, 7) is 0. The molecule has 0 aliphatic rings. The van der Waals surface area contributed by atoms with Crippen molar-refractivity contribution in [3.8, 4) is 0 Å². The van der Waals surface area contributed by atoms with E-state index in [0.29, 0.717) is 0 Å². The molecule has 11 heteroatoms. The molecule has 11 nitrogen and oxygen atoms in total. The Morgan fingerprint density at radius 3 is 1.27 bits per heavy atom. The molecular formula is C15H24N2O9. The van der Waals surface area contributed by atoms with Gasteiger partial charge < -0.3 is 29.6 Å². The van der Waals surface area contributed by atoms with Gasteiger partial charge in [-0.1, -0.05) is 0 Å². The highest BCUT2D eigenvalue weighted by atomic mass is 16.5. The van der Waals surface area contributed by atoms with Gasteiger partial charge in [-0.15, -0.1) is 0 Å². The molecule has 0 saturated heterocycles. The van der Waals surface area contributed by atoms with Gasteiger partial charge in [-0.2, -0.15) is 0 Å². The molecule has 0 aliphatic heterocycles. The minimum Gasteiger partial charge on any atom is -0.469 e. The van der Waals surface area contributed by atoms with Crippen LogP contribution in [0.5, 0.6) is 0 Å². The molecule has 0 heterocycles. The molecule has 0 spiro atoms. The summed E-state index contributed by atoms with van der Waals surface area (Å²) in [6, 6.07) is -3.12. The maximum absolute atomic E-state index is 12.1. The van der Waals surface area contributed by atoms with Crippen molar-refractivity contribution in [3.63, 3.8) is 0 Å². The average molecular weight is 376 g/mol. The second-order valence-corrected chi connectivity index (χ2v) is 5.00. The molecule has 0 aromatic carbocycles. The molecule has 26 heavy (non-hydrogen) atoms. The zero-order valence-electron chi connectivity index (χ0n) is 15.2. The van der Waals surface area contributed by atoms with E-state index in [1.54, 1.807) is 0 Å². The van der Waals surface area contributed by atoms with E-state index in [1.165, 1.54) is 14.2 Å². The van der Waals surface area contributed by atoms with Crippen LogP contribution in [0, 0.1) is 0 Å². The van der Waals surface area contributed by atoms with E-state index < -0.39 is 42.0 Å². The van der Waals surface area contributed by atoms with Crippen molar-refractivity contribution in [3.05, 3.63) is 0 Å². The number of carbonyl (C=O) groups is 5. The van der Waals surface area contributed by atoms with Crippen LogP contribution in [0.15, 0.2) is 0 Å². The summed E-state index contributed by atoms with van der Waals surface area (Å²) < 4.78 is 18.1. The average Bonchev–Trinajstić information content (AvgIpc) is 2.65. The van der Waals surface area contributed by atoms with Crippen LogP contribution >= 0.6 is 0 Å². The van der Waals surface area contributed by atoms with E-state index in [-0.39, 0.29) is 25.7 Å². The Morgan fingerprint density at radius 2 is 1.00 bits per heavy atom. The van der Waals surface area contributed by atoms with Gasteiger partial charge in [0.2, 0.25) is 0 Å². The minimum absolute atomic E-state index is 0.0577. The van der Waals surface area contributed by atoms with Crippen LogP contribution in [0.2, 0.25) is 0 Å². The molecule has 0 bridgehead atoms. The number of amides is 2. The van der Waals surface area contributed by atoms with Crippen LogP contribution in [0.25, 0.3) is 0 Å². The zero-order chi connectivity index (χ0) is 20.1. The maximum Gasteiger partial charge on any atom is 0.328 e. The predicted molar refractivity (Wildman–Crippen MR) is 85.8 cm³/mol. The van der Waals surface area contributed by atoms with Gasteiger partial charge in [-0.25, -0.2) is 14.4 Å². The molecule has 0 rings (SSSR count). The third kappa shape index (κ3) is 8.85. The number of esters is 4. The summed E-state index contributed by atoms with van der Waals surface area (Å²) in [4.78, 5) is 57.9. The predicted octanol–water partition coefficient (Wildman–Crippen LogP) is -0.725. The molecular weight excluding hydrogens is 352 g/mol. The van der Waals surface area contributed by atoms with E-state index in [4.69, 9.17) is 0 Å². The van der Waals surface area contributed by atoms with Gasteiger partial charge in [0.1, 0.15) is 12.1 Å². The number of carbonyl (C=O) groups excluding carboxylic acids is 5. The maximum atomic E-state index is 12.1. The Bertz CT molecular complexity index is 477. The van der Waals surface area contributed by atoms with Crippen LogP contribution in [0.4, 0.5) is 4.79 Å². The highest BCUT2D eigenvalue weighted by Gasteiger charge is 2.27. The number of rotatable bonds is 10. The number of nitrogens with one attached hydrogen (secondary N) is 2. The van der Waals surface area contributed by atoms with Crippen molar-refractivity contribution in [1.82, 2.24) is 10.6 Å². The summed E-state index contributed by atoms with van der Waals surface area (Å²) in [7, 11) is 4.64. The fourth-order valence-electron chi connectivity index (χ4n) is 1.87. The molecule has 0 aromatic heterocycles. The van der Waals surface area contributed by atoms with Gasteiger partial charge in [0.25, 0.3) is 0 Å². The van der Waals surface area contributed by atoms with Gasteiger partial charge in [-0.05, 0) is 12.8 Å². The summed E-state index contributed by atoms with van der Waals surface area (Å²) in [6.07, 6.45) is -0.367. The molecule has 2 atom stereocenters. The Labute approximate surface area is 150 Å². The van der Waals surface area contributed by atoms with Crippen LogP contribution < -0.4 is 10.6 Å². The molecule has 0 aliphatic carbocycles. The third-order valence-electron chi connectivity index (χ3n) is 3.31. The van der Waals surface area contributed by atoms with Crippen molar-refractivity contribution in [2.75, 3.05) is 28.4 Å². The lowest BCUT2D eigenvalue weighted by Gasteiger charge is -2.20. The highest BCUT2D eigenvalue weighted by Crippen LogP contribution is 2.04. The number of hydrogen-bond acceptors (Lipinski definition) is 9. The quantitative estimate of drug-likeness (QED) is 0.372. The molecule has 148 valence electrons. The summed E-state index contributed by atoms with van der Waals surface area (Å²) in [5.74, 6) is -2.67. The second kappa shape index (κ2) is 12.5. The number of hydrogen-bond donors (Lipinski definition) is 2. The Morgan fingerprint density at radius 1 is 0.654 bits per heavy atom. The second-order valence-electron chi connectivity index (χ2n) is 5.00. The lowest BCUT2D eigenvalue weighted by molar-refractivity contribution is -0.145. The van der Waals surface area contributed by atoms with E-state index in [2.05, 4.69) is 29.6 Å². The first-order chi connectivity index (χ1) is 12.3. The first-order valence-corrected chi connectivity index (χ1v) is 7.65. The summed E-state index contributed by atoms with van der Waals surface area (Å²) in [5.41, 5.74) is 0. The van der Waals surface area contributed by atoms with E-state index >= 15 is 0 Å². The Kier molecular flexibility index (Phi) is 11.1. The molecule has 0 aromatic rings. The topological polar surface area (TPSA) is 146 Å². The third-order valence-corrected chi connectivity index (χ3v) is 3.31. The summed E-state index contributed by atoms with van der Waals surface area (Å²) in [5, 5.41) is 4.60. The smallest absolute Gasteiger partial charge is 0.328 e. The molecule has 2 N–H and O–H groups in total. The van der Waals surface area contributed by atoms with Crippen molar-refractivity contribution in [2.24, 2.45) is 0 Å². The largest absolute Gasteiger partial charge is 0.469 e. The number of methoxy groups -OCH3 is 4. The van der Waals surface area contributed by atoms with Crippen molar-refractivity contribution in [1.29, 1.82) is 0 Å². The van der Waals surface area contributed by atoms with Gasteiger partial charge in [-0.3, -0.25) is 9.59 Å². The van der Waals surface area contributed by atoms with Crippen LogP contribution in [-0.2, 0) is 38.1 Å². The van der Waals surface area contributed by atoms with E-state index in [9.17, 15) is 24.0 Å². The zero-order valence-corrected chi connectivity index (χ0v) is 15.2. The molecule has 0 radical (unpaired) electrons. The first-order valence-electron chi connectivity index (χ1n) is 7.65. The molecule has 0 saturated carbocycles. The number of ether oxygens (including phenoxy) is 4. The lowest BCUT2D eigenvalue weighted by atomic mass is 10.1. The van der Waals surface area contributed by atoms with Crippen LogP contribution in [0.1, 0.15) is 25.7 Å². The number of urea groups is 1. The van der Waals surface area contributed by atoms with Crippen molar-refractivity contribution < 1.29 is 42.9 Å². The lowest BCUT2D eigenvalue weighted by Crippen LogP contribution is -2.51. The van der Waals surface area contributed by atoms with Gasteiger partial charge in [0.15, 0.2) is 0 Å². The van der Waals surface area contributed by atoms with Crippen LogP contribution in [0.3, 0.4) is 0 Å². The minimum atomic E-state index is -1.13. The Balaban J connectivity index is 4.84. The fraction of sp³-hybridized carbons (Fsp3) is 0.667. The normalized spacial score (nSPS) is 12.2. The monoisotopic (exact) mass is 376 g/mol. The molecule has 2 amide bonds. The van der Waals surface area contributed by atoms with Crippen molar-refractivity contribution in [2.45, 2.75) is 37.8 Å². The standard InChI is InChI=1S/C15H24N2O9/c1-23-11(18)7-5-9(13(20)25-3)16-15(22)17-10(14(21)26-4)6-8-12(19)24-2/h9-10H,5-8H2,1-4H3,(H2,16,17,22).